The van der Waals surface area contributed by atoms with E-state index in [1.807, 2.05) is 31.2 Å². The minimum absolute atomic E-state index is 0.135. The molecule has 0 spiro atoms. The maximum Gasteiger partial charge on any atom is 0.274 e. The predicted molar refractivity (Wildman–Crippen MR) is 102 cm³/mol. The van der Waals surface area contributed by atoms with Gasteiger partial charge in [0.1, 0.15) is 5.75 Å². The molecular weight excluding hydrogens is 342 g/mol. The first-order valence-corrected chi connectivity index (χ1v) is 9.70. The Morgan fingerprint density at radius 2 is 1.89 bits per heavy atom. The molecule has 2 unspecified atom stereocenters. The maximum absolute atomic E-state index is 12.9. The summed E-state index contributed by atoms with van der Waals surface area (Å²) in [5, 5.41) is 11.6. The second-order valence-corrected chi connectivity index (χ2v) is 7.82. The van der Waals surface area contributed by atoms with E-state index in [2.05, 4.69) is 15.6 Å². The molecule has 1 aromatic carbocycles. The van der Waals surface area contributed by atoms with Gasteiger partial charge >= 0.3 is 0 Å². The molecule has 2 fully saturated rings. The number of methoxy groups -OCH3 is 1. The number of benzene rings is 1. The highest BCUT2D eigenvalue weighted by Gasteiger charge is 2.40. The third-order valence-corrected chi connectivity index (χ3v) is 6.10. The number of ether oxygens (including phenoxy) is 1. The summed E-state index contributed by atoms with van der Waals surface area (Å²) in [6.07, 6.45) is 5.53. The van der Waals surface area contributed by atoms with Crippen LogP contribution in [0.25, 0.3) is 5.69 Å². The van der Waals surface area contributed by atoms with Crippen LogP contribution in [-0.2, 0) is 0 Å². The number of aromatic nitrogens is 3. The van der Waals surface area contributed by atoms with Crippen LogP contribution in [0.3, 0.4) is 0 Å². The van der Waals surface area contributed by atoms with Crippen molar-refractivity contribution in [2.75, 3.05) is 7.11 Å². The Morgan fingerprint density at radius 3 is 2.52 bits per heavy atom. The maximum atomic E-state index is 12.9. The van der Waals surface area contributed by atoms with Crippen LogP contribution in [0.5, 0.6) is 5.75 Å². The number of rotatable bonds is 4. The third-order valence-electron chi connectivity index (χ3n) is 6.10. The van der Waals surface area contributed by atoms with E-state index in [4.69, 9.17) is 10.5 Å². The van der Waals surface area contributed by atoms with Crippen LogP contribution in [0.4, 0.5) is 0 Å². The van der Waals surface area contributed by atoms with Gasteiger partial charge in [-0.2, -0.15) is 0 Å². The Morgan fingerprint density at radius 1 is 1.22 bits per heavy atom. The summed E-state index contributed by atoms with van der Waals surface area (Å²) < 4.78 is 6.88. The molecule has 2 aliphatic carbocycles. The molecule has 1 amide bonds. The van der Waals surface area contributed by atoms with E-state index in [0.29, 0.717) is 17.5 Å². The van der Waals surface area contributed by atoms with Crippen molar-refractivity contribution in [3.63, 3.8) is 0 Å². The largest absolute Gasteiger partial charge is 0.497 e. The van der Waals surface area contributed by atoms with Gasteiger partial charge in [0.2, 0.25) is 0 Å². The fourth-order valence-corrected chi connectivity index (χ4v) is 4.75. The lowest BCUT2D eigenvalue weighted by molar-refractivity contribution is 0.0751. The van der Waals surface area contributed by atoms with Crippen molar-refractivity contribution in [3.05, 3.63) is 35.7 Å². The highest BCUT2D eigenvalue weighted by atomic mass is 16.5. The molecule has 1 aromatic heterocycles. The fourth-order valence-electron chi connectivity index (χ4n) is 4.75. The van der Waals surface area contributed by atoms with Gasteiger partial charge in [-0.1, -0.05) is 11.6 Å². The van der Waals surface area contributed by atoms with Crippen LogP contribution in [0, 0.1) is 18.8 Å². The van der Waals surface area contributed by atoms with Crippen molar-refractivity contribution in [1.29, 1.82) is 0 Å². The van der Waals surface area contributed by atoms with Crippen molar-refractivity contribution < 1.29 is 9.53 Å². The molecule has 2 atom stereocenters. The number of fused-ring (bicyclic) bond motifs is 2. The molecule has 0 saturated heterocycles. The van der Waals surface area contributed by atoms with Crippen LogP contribution in [0.1, 0.15) is 48.3 Å². The van der Waals surface area contributed by atoms with Gasteiger partial charge in [0.15, 0.2) is 5.69 Å². The van der Waals surface area contributed by atoms with Crippen LogP contribution in [0.2, 0.25) is 0 Å². The highest BCUT2D eigenvalue weighted by Crippen LogP contribution is 2.39. The van der Waals surface area contributed by atoms with E-state index < -0.39 is 0 Å². The Bertz CT molecular complexity index is 802. The standard InChI is InChI=1S/C20H27N5O2/c1-12-18(23-24-25(12)16-6-8-17(27-2)9-7-16)20(26)22-19-13-4-3-5-14(19)11-15(21)10-13/h6-9,13-15,19H,3-5,10-11,21H2,1-2H3,(H,22,26). The SMILES string of the molecule is COc1ccc(-n2nnc(C(=O)NC3C4CCCC3CC(N)C4)c2C)cc1. The van der Waals surface area contributed by atoms with Gasteiger partial charge in [-0.15, -0.1) is 5.10 Å². The van der Waals surface area contributed by atoms with E-state index in [1.165, 1.54) is 6.42 Å². The van der Waals surface area contributed by atoms with Crippen LogP contribution < -0.4 is 15.8 Å². The molecule has 3 N–H and O–H groups in total. The van der Waals surface area contributed by atoms with Gasteiger partial charge in [0.05, 0.1) is 18.5 Å². The third kappa shape index (κ3) is 3.43. The van der Waals surface area contributed by atoms with Gasteiger partial charge in [-0.05, 0) is 68.7 Å². The summed E-state index contributed by atoms with van der Waals surface area (Å²) in [5.41, 5.74) is 8.16. The zero-order valence-electron chi connectivity index (χ0n) is 15.9. The number of carbonyl (C=O) groups is 1. The second-order valence-electron chi connectivity index (χ2n) is 7.82. The molecule has 27 heavy (non-hydrogen) atoms. The molecule has 2 saturated carbocycles. The van der Waals surface area contributed by atoms with E-state index in [0.717, 1.165) is 42.8 Å². The number of nitrogens with zero attached hydrogens (tertiary/aromatic N) is 3. The fraction of sp³-hybridized carbons (Fsp3) is 0.550. The zero-order valence-corrected chi connectivity index (χ0v) is 15.9. The van der Waals surface area contributed by atoms with Crippen molar-refractivity contribution in [2.24, 2.45) is 17.6 Å². The molecule has 1 heterocycles. The summed E-state index contributed by atoms with van der Waals surface area (Å²) >= 11 is 0. The monoisotopic (exact) mass is 369 g/mol. The molecule has 2 aromatic rings. The lowest BCUT2D eigenvalue weighted by atomic mass is 9.67. The molecule has 4 rings (SSSR count). The summed E-state index contributed by atoms with van der Waals surface area (Å²) in [5.74, 6) is 1.60. The average Bonchev–Trinajstić information content (AvgIpc) is 3.04. The summed E-state index contributed by atoms with van der Waals surface area (Å²) in [6, 6.07) is 8.00. The number of nitrogens with two attached hydrogens (primary N) is 1. The molecule has 0 aliphatic heterocycles. The van der Waals surface area contributed by atoms with Gasteiger partial charge in [-0.25, -0.2) is 4.68 Å². The van der Waals surface area contributed by atoms with E-state index in [9.17, 15) is 4.79 Å². The molecule has 2 aliphatic rings. The normalized spacial score (nSPS) is 27.2. The smallest absolute Gasteiger partial charge is 0.274 e. The Labute approximate surface area is 159 Å². The Hall–Kier alpha value is -2.41. The first-order valence-electron chi connectivity index (χ1n) is 9.70. The van der Waals surface area contributed by atoms with Gasteiger partial charge in [-0.3, -0.25) is 4.79 Å². The lowest BCUT2D eigenvalue weighted by Crippen LogP contribution is -2.53. The first kappa shape index (κ1) is 18.0. The van der Waals surface area contributed by atoms with Gasteiger partial charge in [0.25, 0.3) is 5.91 Å². The van der Waals surface area contributed by atoms with Crippen LogP contribution in [0.15, 0.2) is 24.3 Å². The Balaban J connectivity index is 1.52. The minimum Gasteiger partial charge on any atom is -0.497 e. The number of carbonyl (C=O) groups excluding carboxylic acids is 1. The summed E-state index contributed by atoms with van der Waals surface area (Å²) in [6.45, 7) is 1.87. The lowest BCUT2D eigenvalue weighted by Gasteiger charge is -2.45. The molecular formula is C20H27N5O2. The molecule has 144 valence electrons. The number of hydrogen-bond donors (Lipinski definition) is 2. The van der Waals surface area contributed by atoms with E-state index in [1.54, 1.807) is 11.8 Å². The topological polar surface area (TPSA) is 95.1 Å². The van der Waals surface area contributed by atoms with Crippen LogP contribution in [-0.4, -0.2) is 40.1 Å². The van der Waals surface area contributed by atoms with E-state index >= 15 is 0 Å². The second kappa shape index (κ2) is 7.31. The quantitative estimate of drug-likeness (QED) is 0.862. The molecule has 2 bridgehead atoms. The van der Waals surface area contributed by atoms with Crippen molar-refractivity contribution in [2.45, 2.75) is 51.1 Å². The first-order chi connectivity index (χ1) is 13.1. The van der Waals surface area contributed by atoms with Crippen LogP contribution >= 0.6 is 0 Å². The highest BCUT2D eigenvalue weighted by molar-refractivity contribution is 5.93. The molecule has 7 heteroatoms. The number of hydrogen-bond acceptors (Lipinski definition) is 5. The minimum atomic E-state index is -0.135. The number of nitrogens with one attached hydrogen (secondary N) is 1. The van der Waals surface area contributed by atoms with Crippen molar-refractivity contribution in [1.82, 2.24) is 20.3 Å². The zero-order chi connectivity index (χ0) is 19.0. The summed E-state index contributed by atoms with van der Waals surface area (Å²) in [4.78, 5) is 12.9. The van der Waals surface area contributed by atoms with E-state index in [-0.39, 0.29) is 18.0 Å². The Kier molecular flexibility index (Phi) is 4.86. The van der Waals surface area contributed by atoms with Gasteiger partial charge < -0.3 is 15.8 Å². The predicted octanol–water partition coefficient (Wildman–Crippen LogP) is 2.22. The van der Waals surface area contributed by atoms with Gasteiger partial charge in [0, 0.05) is 12.1 Å². The van der Waals surface area contributed by atoms with Crippen molar-refractivity contribution >= 4 is 5.91 Å². The number of amides is 1. The van der Waals surface area contributed by atoms with Crippen molar-refractivity contribution in [3.8, 4) is 11.4 Å². The molecule has 0 radical (unpaired) electrons. The average molecular weight is 369 g/mol. The molecule has 7 nitrogen and oxygen atoms in total. The summed E-state index contributed by atoms with van der Waals surface area (Å²) in [7, 11) is 1.63.